The van der Waals surface area contributed by atoms with Crippen LogP contribution in [0.2, 0.25) is 0 Å². The fourth-order valence-corrected chi connectivity index (χ4v) is 8.86. The van der Waals surface area contributed by atoms with Crippen molar-refractivity contribution in [1.82, 2.24) is 0 Å². The first-order valence-electron chi connectivity index (χ1n) is 14.7. The van der Waals surface area contributed by atoms with Gasteiger partial charge in [0.2, 0.25) is 6.10 Å². The number of Topliss-reactive ketones (excluding diaryl/α,β-unsaturated/α-hetero) is 1. The van der Waals surface area contributed by atoms with Crippen molar-refractivity contribution in [3.05, 3.63) is 23.0 Å². The van der Waals surface area contributed by atoms with Gasteiger partial charge in [0.1, 0.15) is 12.1 Å². The summed E-state index contributed by atoms with van der Waals surface area (Å²) in [5, 5.41) is 11.8. The smallest absolute Gasteiger partial charge is 0.348 e. The summed E-state index contributed by atoms with van der Waals surface area (Å²) in [5.74, 6) is -6.03. The van der Waals surface area contributed by atoms with E-state index < -0.39 is 88.2 Å². The molecular formula is C31H41NO11. The number of hydrogen-bond acceptors (Lipinski definition) is 12. The maximum absolute atomic E-state index is 13.7. The van der Waals surface area contributed by atoms with Gasteiger partial charge in [-0.05, 0) is 50.0 Å². The van der Waals surface area contributed by atoms with Crippen molar-refractivity contribution in [3.63, 3.8) is 0 Å². The first kappa shape index (κ1) is 31.3. The molecule has 0 radical (unpaired) electrons. The Bertz CT molecular complexity index is 1330. The predicted octanol–water partition coefficient (Wildman–Crippen LogP) is 1.51. The lowest BCUT2D eigenvalue weighted by molar-refractivity contribution is -0.269. The molecule has 0 aromatic heterocycles. The van der Waals surface area contributed by atoms with E-state index in [-0.39, 0.29) is 37.5 Å². The zero-order valence-corrected chi connectivity index (χ0v) is 25.6. The van der Waals surface area contributed by atoms with Crippen LogP contribution in [0.25, 0.3) is 0 Å². The number of methoxy groups -OCH3 is 1. The number of ether oxygens (including phenoxy) is 5. The van der Waals surface area contributed by atoms with Gasteiger partial charge in [-0.25, -0.2) is 19.2 Å². The van der Waals surface area contributed by atoms with Crippen molar-refractivity contribution < 1.29 is 52.8 Å². The third-order valence-electron chi connectivity index (χ3n) is 10.5. The maximum Gasteiger partial charge on any atom is 0.348 e. The molecule has 10 atom stereocenters. The molecule has 5 rings (SSSR count). The van der Waals surface area contributed by atoms with Gasteiger partial charge in [-0.2, -0.15) is 0 Å². The fourth-order valence-electron chi connectivity index (χ4n) is 8.86. The predicted molar refractivity (Wildman–Crippen MR) is 147 cm³/mol. The van der Waals surface area contributed by atoms with Crippen LogP contribution in [0.5, 0.6) is 0 Å². The van der Waals surface area contributed by atoms with Crippen LogP contribution >= 0.6 is 0 Å². The molecule has 2 aliphatic heterocycles. The van der Waals surface area contributed by atoms with E-state index in [2.05, 4.69) is 0 Å². The van der Waals surface area contributed by atoms with Gasteiger partial charge in [-0.15, -0.1) is 0 Å². The number of fused-ring (bicyclic) bond motifs is 2. The van der Waals surface area contributed by atoms with Crippen molar-refractivity contribution in [1.29, 1.82) is 0 Å². The summed E-state index contributed by atoms with van der Waals surface area (Å²) in [6.45, 7) is 10.4. The van der Waals surface area contributed by atoms with Crippen molar-refractivity contribution in [2.24, 2.45) is 40.2 Å². The largest absolute Gasteiger partial charge is 0.467 e. The standard InChI is InChI=1S/C31H41NO11/c1-13(2)8-20(35)42-23-25-30-12-40-31(25,28(38)39-7)11-18(34)24(30)29(6)10-17(33)22(43-26(36)21(32)14(3)4)15(5)16(29)9-19(30)41-27(23)37/h8,14,16,18-19,21,23-25,34H,9-12,32H2,1-7H3. The second-order valence-corrected chi connectivity index (χ2v) is 13.6. The SMILES string of the molecule is COC(=O)C12CC(O)C3C4(C)CC(=O)C(OC(=O)C(N)C(C)C)=C(C)C4CC4OC(=O)C(OC(=O)C=C(C)C)C1C43CO2. The lowest BCUT2D eigenvalue weighted by Crippen LogP contribution is -2.75. The van der Waals surface area contributed by atoms with Crippen LogP contribution in [0, 0.1) is 34.5 Å². The quantitative estimate of drug-likeness (QED) is 0.254. The summed E-state index contributed by atoms with van der Waals surface area (Å²) in [4.78, 5) is 66.3. The van der Waals surface area contributed by atoms with Gasteiger partial charge in [0, 0.05) is 30.3 Å². The summed E-state index contributed by atoms with van der Waals surface area (Å²) >= 11 is 0. The average molecular weight is 604 g/mol. The highest BCUT2D eigenvalue weighted by atomic mass is 16.6. The Morgan fingerprint density at radius 3 is 2.44 bits per heavy atom. The molecule has 4 fully saturated rings. The number of allylic oxidation sites excluding steroid dienone is 3. The highest BCUT2D eigenvalue weighted by molar-refractivity contribution is 5.98. The molecule has 0 amide bonds. The van der Waals surface area contributed by atoms with Crippen LogP contribution in [-0.4, -0.2) is 78.4 Å². The molecule has 12 heteroatoms. The molecule has 3 aliphatic carbocycles. The third-order valence-corrected chi connectivity index (χ3v) is 10.5. The minimum Gasteiger partial charge on any atom is -0.467 e. The minimum absolute atomic E-state index is 0.0800. The molecular weight excluding hydrogens is 562 g/mol. The summed E-state index contributed by atoms with van der Waals surface area (Å²) in [5.41, 5.74) is 3.25. The van der Waals surface area contributed by atoms with E-state index in [1.54, 1.807) is 34.6 Å². The molecule has 2 heterocycles. The number of rotatable bonds is 6. The molecule has 1 spiro atoms. The molecule has 2 saturated carbocycles. The Morgan fingerprint density at radius 2 is 1.84 bits per heavy atom. The topological polar surface area (TPSA) is 178 Å². The third kappa shape index (κ3) is 4.39. The number of ketones is 1. The molecule has 12 nitrogen and oxygen atoms in total. The average Bonchev–Trinajstić information content (AvgIpc) is 3.16. The molecule has 3 N–H and O–H groups in total. The highest BCUT2D eigenvalue weighted by Crippen LogP contribution is 2.72. The van der Waals surface area contributed by atoms with Gasteiger partial charge in [0.05, 0.1) is 25.7 Å². The Labute approximate surface area is 250 Å². The lowest BCUT2D eigenvalue weighted by Gasteiger charge is -2.66. The Kier molecular flexibility index (Phi) is 7.67. The summed E-state index contributed by atoms with van der Waals surface area (Å²) in [7, 11) is 1.19. The monoisotopic (exact) mass is 603 g/mol. The lowest BCUT2D eigenvalue weighted by atomic mass is 9.38. The molecule has 236 valence electrons. The molecule has 5 aliphatic rings. The van der Waals surface area contributed by atoms with Crippen molar-refractivity contribution in [2.75, 3.05) is 13.7 Å². The van der Waals surface area contributed by atoms with Gasteiger partial charge < -0.3 is 34.5 Å². The summed E-state index contributed by atoms with van der Waals surface area (Å²) in [6, 6.07) is -0.927. The second kappa shape index (κ2) is 10.5. The van der Waals surface area contributed by atoms with Crippen molar-refractivity contribution >= 4 is 29.7 Å². The van der Waals surface area contributed by atoms with Gasteiger partial charge in [0.15, 0.2) is 17.1 Å². The number of hydrogen-bond donors (Lipinski definition) is 2. The van der Waals surface area contributed by atoms with E-state index in [0.717, 1.165) is 0 Å². The summed E-state index contributed by atoms with van der Waals surface area (Å²) < 4.78 is 28.7. The van der Waals surface area contributed by atoms with E-state index in [0.29, 0.717) is 11.1 Å². The minimum atomic E-state index is -1.78. The zero-order valence-electron chi connectivity index (χ0n) is 25.6. The normalized spacial score (nSPS) is 40.1. The molecule has 2 bridgehead atoms. The number of nitrogens with two attached hydrogens (primary N) is 1. The van der Waals surface area contributed by atoms with Crippen LogP contribution in [0.1, 0.15) is 60.8 Å². The second-order valence-electron chi connectivity index (χ2n) is 13.6. The molecule has 0 aromatic carbocycles. The number of aliphatic hydroxyl groups is 1. The van der Waals surface area contributed by atoms with E-state index in [4.69, 9.17) is 29.4 Å². The van der Waals surface area contributed by atoms with E-state index >= 15 is 0 Å². The Hall–Kier alpha value is -3.09. The number of carbonyl (C=O) groups excluding carboxylic acids is 5. The molecule has 0 aromatic rings. The molecule has 2 saturated heterocycles. The number of aliphatic hydroxyl groups excluding tert-OH is 1. The number of carbonyl (C=O) groups is 5. The summed E-state index contributed by atoms with van der Waals surface area (Å²) in [6.07, 6.45) is -2.44. The fraction of sp³-hybridized carbons (Fsp3) is 0.710. The first-order valence-corrected chi connectivity index (χ1v) is 14.7. The van der Waals surface area contributed by atoms with Gasteiger partial charge in [0.25, 0.3) is 0 Å². The van der Waals surface area contributed by atoms with E-state index in [9.17, 15) is 29.1 Å². The van der Waals surface area contributed by atoms with Gasteiger partial charge >= 0.3 is 23.9 Å². The molecule has 10 unspecified atom stereocenters. The van der Waals surface area contributed by atoms with E-state index in [1.165, 1.54) is 13.2 Å². The van der Waals surface area contributed by atoms with Crippen molar-refractivity contribution in [3.8, 4) is 0 Å². The van der Waals surface area contributed by atoms with Crippen LogP contribution in [0.3, 0.4) is 0 Å². The van der Waals surface area contributed by atoms with Crippen LogP contribution in [0.4, 0.5) is 0 Å². The van der Waals surface area contributed by atoms with Gasteiger partial charge in [-0.1, -0.05) is 26.3 Å². The van der Waals surface area contributed by atoms with E-state index in [1.807, 2.05) is 6.92 Å². The number of esters is 4. The Morgan fingerprint density at radius 1 is 1.16 bits per heavy atom. The molecule has 43 heavy (non-hydrogen) atoms. The van der Waals surface area contributed by atoms with Crippen LogP contribution in [0.15, 0.2) is 23.0 Å². The Balaban J connectivity index is 1.63. The zero-order chi connectivity index (χ0) is 31.8. The van der Waals surface area contributed by atoms with Gasteiger partial charge in [-0.3, -0.25) is 4.79 Å². The van der Waals surface area contributed by atoms with Crippen LogP contribution < -0.4 is 5.73 Å². The first-order chi connectivity index (χ1) is 20.0. The van der Waals surface area contributed by atoms with Crippen LogP contribution in [-0.2, 0) is 47.7 Å². The highest BCUT2D eigenvalue weighted by Gasteiger charge is 2.82. The maximum atomic E-state index is 13.7. The van der Waals surface area contributed by atoms with Crippen molar-refractivity contribution in [2.45, 2.75) is 90.8 Å².